The summed E-state index contributed by atoms with van der Waals surface area (Å²) in [5.74, 6) is -0.244. The molecule has 5 rings (SSSR count). The predicted molar refractivity (Wildman–Crippen MR) is 178 cm³/mol. The number of ether oxygens (including phenoxy) is 3. The van der Waals surface area contributed by atoms with Gasteiger partial charge in [-0.2, -0.15) is 0 Å². The first-order chi connectivity index (χ1) is 22.4. The zero-order valence-corrected chi connectivity index (χ0v) is 26.5. The number of unbranched alkanes of at least 4 members (excludes halogenated alkanes) is 1. The Balaban J connectivity index is 1.18. The number of nitrogens with zero attached hydrogens (tertiary/aromatic N) is 1. The number of nitrogens with two attached hydrogens (primary N) is 1. The van der Waals surface area contributed by atoms with Crippen LogP contribution in [0.15, 0.2) is 72.8 Å². The van der Waals surface area contributed by atoms with Crippen LogP contribution in [-0.4, -0.2) is 60.8 Å². The van der Waals surface area contributed by atoms with Crippen molar-refractivity contribution in [2.75, 3.05) is 43.2 Å². The maximum Gasteiger partial charge on any atom is 0.224 e. The van der Waals surface area contributed by atoms with Gasteiger partial charge in [0, 0.05) is 50.2 Å². The Bertz CT molecular complexity index is 1430. The zero-order chi connectivity index (χ0) is 32.3. The molecule has 10 nitrogen and oxygen atoms in total. The number of nitrogen functional groups attached to an aromatic ring is 1. The lowest BCUT2D eigenvalue weighted by Crippen LogP contribution is -2.42. The highest BCUT2D eigenvalue weighted by Crippen LogP contribution is 2.39. The number of carbonyl (C=O) groups is 2. The number of anilines is 3. The summed E-state index contributed by atoms with van der Waals surface area (Å²) in [5.41, 5.74) is 10.4. The molecule has 2 amide bonds. The molecule has 10 heteroatoms. The Labute approximate surface area is 271 Å². The van der Waals surface area contributed by atoms with Crippen molar-refractivity contribution >= 4 is 28.9 Å². The lowest BCUT2D eigenvalue weighted by Gasteiger charge is -2.39. The highest BCUT2D eigenvalue weighted by atomic mass is 16.7. The maximum absolute atomic E-state index is 12.8. The summed E-state index contributed by atoms with van der Waals surface area (Å²) in [6.07, 6.45) is 3.88. The highest BCUT2D eigenvalue weighted by molar-refractivity contribution is 5.94. The number of likely N-dealkylation sites (tertiary alicyclic amines) is 1. The van der Waals surface area contributed by atoms with Crippen molar-refractivity contribution in [3.8, 4) is 0 Å². The molecule has 2 fully saturated rings. The Kier molecular flexibility index (Phi) is 12.2. The molecule has 0 bridgehead atoms. The molecule has 46 heavy (non-hydrogen) atoms. The van der Waals surface area contributed by atoms with Gasteiger partial charge in [0.25, 0.3) is 0 Å². The third-order valence-electron chi connectivity index (χ3n) is 8.65. The van der Waals surface area contributed by atoms with Gasteiger partial charge in [-0.25, -0.2) is 0 Å². The van der Waals surface area contributed by atoms with Crippen LogP contribution in [0.2, 0.25) is 0 Å². The fourth-order valence-electron chi connectivity index (χ4n) is 6.19. The molecule has 0 saturated carbocycles. The Morgan fingerprint density at radius 2 is 1.72 bits per heavy atom. The van der Waals surface area contributed by atoms with E-state index in [1.165, 1.54) is 0 Å². The number of hydrogen-bond acceptors (Lipinski definition) is 8. The van der Waals surface area contributed by atoms with Crippen LogP contribution in [0.25, 0.3) is 0 Å². The van der Waals surface area contributed by atoms with E-state index in [0.29, 0.717) is 61.8 Å². The standard InChI is InChI=1S/C36H46N4O6/c1-44-24-29-10-7-19-40(29)22-30-21-33(26-17-15-25(23-41)16-18-26)46-36(45-30)27-8-6-9-28(20-27)38-34(42)13-4-5-14-35(43)39-32-12-3-2-11-31(32)37/h2-3,6,8-9,11-12,15-18,20,29-30,33,36,41H,4-5,7,10,13-14,19,21-24,37H2,1H3,(H,38,42)(H,39,43)/t29-,30-,33+,36+/m0/s1. The van der Waals surface area contributed by atoms with Gasteiger partial charge < -0.3 is 35.7 Å². The van der Waals surface area contributed by atoms with Gasteiger partial charge in [0.2, 0.25) is 11.8 Å². The fourth-order valence-corrected chi connectivity index (χ4v) is 6.19. The molecule has 0 unspecified atom stereocenters. The summed E-state index contributed by atoms with van der Waals surface area (Å²) >= 11 is 0. The number of nitrogens with one attached hydrogen (secondary N) is 2. The SMILES string of the molecule is COC[C@@H]1CCCN1C[C@@H]1C[C@H](c2ccc(CO)cc2)O[C@H](c2cccc(NC(=O)CCCCC(=O)Nc3ccccc3N)c2)O1. The smallest absolute Gasteiger partial charge is 0.224 e. The minimum Gasteiger partial charge on any atom is -0.397 e. The lowest BCUT2D eigenvalue weighted by molar-refractivity contribution is -0.253. The van der Waals surface area contributed by atoms with Gasteiger partial charge in [-0.15, -0.1) is 0 Å². The number of benzene rings is 3. The van der Waals surface area contributed by atoms with E-state index in [-0.39, 0.29) is 30.6 Å². The van der Waals surface area contributed by atoms with Gasteiger partial charge in [0.1, 0.15) is 0 Å². The van der Waals surface area contributed by atoms with Crippen molar-refractivity contribution in [2.45, 2.75) is 76.1 Å². The van der Waals surface area contributed by atoms with Crippen molar-refractivity contribution in [3.05, 3.63) is 89.5 Å². The van der Waals surface area contributed by atoms with Gasteiger partial charge in [-0.1, -0.05) is 48.5 Å². The number of rotatable bonds is 14. The molecule has 2 aliphatic heterocycles. The van der Waals surface area contributed by atoms with E-state index < -0.39 is 6.29 Å². The second kappa shape index (κ2) is 16.7. The molecule has 0 spiro atoms. The largest absolute Gasteiger partial charge is 0.397 e. The summed E-state index contributed by atoms with van der Waals surface area (Å²) in [7, 11) is 1.75. The first-order valence-corrected chi connectivity index (χ1v) is 16.2. The number of para-hydroxylation sites is 2. The number of aliphatic hydroxyl groups is 1. The van der Waals surface area contributed by atoms with Crippen LogP contribution in [0.4, 0.5) is 17.1 Å². The van der Waals surface area contributed by atoms with E-state index in [4.69, 9.17) is 19.9 Å². The van der Waals surface area contributed by atoms with Gasteiger partial charge in [0.15, 0.2) is 6.29 Å². The molecule has 0 aliphatic carbocycles. The first-order valence-electron chi connectivity index (χ1n) is 16.2. The van der Waals surface area contributed by atoms with Crippen LogP contribution in [0.1, 0.15) is 74.0 Å². The number of hydrogen-bond donors (Lipinski definition) is 4. The Morgan fingerprint density at radius 3 is 2.46 bits per heavy atom. The van der Waals surface area contributed by atoms with E-state index in [2.05, 4.69) is 15.5 Å². The third-order valence-corrected chi connectivity index (χ3v) is 8.65. The molecule has 0 radical (unpaired) electrons. The quantitative estimate of drug-likeness (QED) is 0.134. The minimum absolute atomic E-state index is 0.00628. The lowest BCUT2D eigenvalue weighted by atomic mass is 9.99. The minimum atomic E-state index is -0.612. The predicted octanol–water partition coefficient (Wildman–Crippen LogP) is 5.55. The summed E-state index contributed by atoms with van der Waals surface area (Å²) in [6, 6.07) is 23.0. The molecular formula is C36H46N4O6. The van der Waals surface area contributed by atoms with Gasteiger partial charge >= 0.3 is 0 Å². The number of carbonyl (C=O) groups excluding carboxylic acids is 2. The van der Waals surface area contributed by atoms with Crippen molar-refractivity contribution < 1.29 is 28.9 Å². The van der Waals surface area contributed by atoms with Crippen LogP contribution in [0.3, 0.4) is 0 Å². The van der Waals surface area contributed by atoms with Gasteiger partial charge in [0.05, 0.1) is 36.8 Å². The topological polar surface area (TPSA) is 135 Å². The monoisotopic (exact) mass is 630 g/mol. The first kappa shape index (κ1) is 33.6. The van der Waals surface area contributed by atoms with Crippen LogP contribution in [0.5, 0.6) is 0 Å². The number of aliphatic hydroxyl groups excluding tert-OH is 1. The molecule has 0 aromatic heterocycles. The Morgan fingerprint density at radius 1 is 0.957 bits per heavy atom. The molecule has 4 atom stereocenters. The van der Waals surface area contributed by atoms with E-state index in [9.17, 15) is 14.7 Å². The summed E-state index contributed by atoms with van der Waals surface area (Å²) < 4.78 is 18.6. The van der Waals surface area contributed by atoms with E-state index in [0.717, 1.165) is 42.6 Å². The summed E-state index contributed by atoms with van der Waals surface area (Å²) in [4.78, 5) is 27.5. The summed E-state index contributed by atoms with van der Waals surface area (Å²) in [6.45, 7) is 2.50. The molecular weight excluding hydrogens is 584 g/mol. The molecule has 246 valence electrons. The van der Waals surface area contributed by atoms with Crippen LogP contribution < -0.4 is 16.4 Å². The normalized spacial score (nSPS) is 21.6. The maximum atomic E-state index is 12.8. The Hall–Kier alpha value is -3.80. The van der Waals surface area contributed by atoms with Crippen molar-refractivity contribution in [2.24, 2.45) is 0 Å². The molecule has 3 aromatic rings. The van der Waals surface area contributed by atoms with Crippen molar-refractivity contribution in [3.63, 3.8) is 0 Å². The highest BCUT2D eigenvalue weighted by Gasteiger charge is 2.35. The van der Waals surface area contributed by atoms with Crippen LogP contribution >= 0.6 is 0 Å². The van der Waals surface area contributed by atoms with Gasteiger partial charge in [-0.05, 0) is 67.6 Å². The van der Waals surface area contributed by atoms with E-state index in [1.807, 2.05) is 60.7 Å². The van der Waals surface area contributed by atoms with Gasteiger partial charge in [-0.3, -0.25) is 14.5 Å². The molecule has 2 saturated heterocycles. The zero-order valence-electron chi connectivity index (χ0n) is 26.5. The van der Waals surface area contributed by atoms with Crippen molar-refractivity contribution in [1.82, 2.24) is 4.90 Å². The third kappa shape index (κ3) is 9.37. The van der Waals surface area contributed by atoms with Crippen LogP contribution in [-0.2, 0) is 30.4 Å². The molecule has 3 aromatic carbocycles. The van der Waals surface area contributed by atoms with E-state index in [1.54, 1.807) is 19.2 Å². The van der Waals surface area contributed by atoms with Crippen molar-refractivity contribution in [1.29, 1.82) is 0 Å². The second-order valence-electron chi connectivity index (χ2n) is 12.1. The average Bonchev–Trinajstić information content (AvgIpc) is 3.50. The molecule has 2 aliphatic rings. The number of methoxy groups -OCH3 is 1. The summed E-state index contributed by atoms with van der Waals surface area (Å²) in [5, 5.41) is 15.3. The average molecular weight is 631 g/mol. The molecule has 2 heterocycles. The number of amides is 2. The second-order valence-corrected chi connectivity index (χ2v) is 12.1. The van der Waals surface area contributed by atoms with Crippen LogP contribution in [0, 0.1) is 0 Å². The molecule has 5 N–H and O–H groups in total. The fraction of sp³-hybridized carbons (Fsp3) is 0.444. The van der Waals surface area contributed by atoms with E-state index >= 15 is 0 Å².